The maximum Gasteiger partial charge on any atom is 0.317 e. The second-order valence-corrected chi connectivity index (χ2v) is 36.7. The van der Waals surface area contributed by atoms with Gasteiger partial charge in [0, 0.05) is 101 Å². The van der Waals surface area contributed by atoms with Crippen LogP contribution in [0.4, 0.5) is 0 Å². The lowest BCUT2D eigenvalue weighted by Gasteiger charge is -2.61. The zero-order chi connectivity index (χ0) is 89.1. The Morgan fingerprint density at radius 3 is 1.75 bits per heavy atom. The highest BCUT2D eigenvalue weighted by atomic mass is 32.2. The first-order chi connectivity index (χ1) is 57.9. The number of hydrogen-bond donors (Lipinski definition) is 17. The summed E-state index contributed by atoms with van der Waals surface area (Å²) < 4.78 is 0. The fraction of sp³-hybridized carbons (Fsp3) is 0.706. The number of H-pyrrole nitrogens is 2. The van der Waals surface area contributed by atoms with Crippen molar-refractivity contribution in [2.75, 3.05) is 110 Å². The maximum atomic E-state index is 14.7. The highest BCUT2D eigenvalue weighted by Gasteiger charge is 2.61. The molecule has 1 aromatic carbocycles. The van der Waals surface area contributed by atoms with Gasteiger partial charge in [0.2, 0.25) is 65.0 Å². The molecule has 5 fully saturated rings. The topological polar surface area (TPSA) is 529 Å². The number of nitrogens with two attached hydrogens (primary N) is 2. The summed E-state index contributed by atoms with van der Waals surface area (Å²) >= 11 is 1.47. The number of aromatic amines is 2. The van der Waals surface area contributed by atoms with E-state index in [1.54, 1.807) is 34.7 Å². The third kappa shape index (κ3) is 29.2. The number of thioether (sulfide) groups is 1. The van der Waals surface area contributed by atoms with Crippen molar-refractivity contribution in [3.8, 4) is 0 Å². The molecule has 5 aliphatic rings. The van der Waals surface area contributed by atoms with Crippen molar-refractivity contribution in [2.45, 2.75) is 213 Å². The Hall–Kier alpha value is -9.30. The zero-order valence-corrected chi connectivity index (χ0v) is 73.3. The predicted molar refractivity (Wildman–Crippen MR) is 458 cm³/mol. The second kappa shape index (κ2) is 47.0. The van der Waals surface area contributed by atoms with Crippen LogP contribution in [0.5, 0.6) is 0 Å². The molecule has 0 spiro atoms. The van der Waals surface area contributed by atoms with Gasteiger partial charge in [-0.3, -0.25) is 86.7 Å². The van der Waals surface area contributed by atoms with Crippen molar-refractivity contribution in [1.29, 1.82) is 0 Å². The summed E-state index contributed by atoms with van der Waals surface area (Å²) in [5, 5.41) is 58.0. The van der Waals surface area contributed by atoms with Crippen molar-refractivity contribution in [3.63, 3.8) is 0 Å². The van der Waals surface area contributed by atoms with Gasteiger partial charge < -0.3 is 89.9 Å². The smallest absolute Gasteiger partial charge is 0.317 e. The molecule has 678 valence electrons. The highest BCUT2D eigenvalue weighted by Crippen LogP contribution is 2.68. The number of carboxylic acids is 3. The van der Waals surface area contributed by atoms with Gasteiger partial charge >= 0.3 is 17.9 Å². The van der Waals surface area contributed by atoms with Gasteiger partial charge in [0.1, 0.15) is 36.3 Å². The maximum absolute atomic E-state index is 14.7. The van der Waals surface area contributed by atoms with Crippen LogP contribution < -0.4 is 64.6 Å². The summed E-state index contributed by atoms with van der Waals surface area (Å²) in [4.78, 5) is 203. The van der Waals surface area contributed by atoms with Crippen molar-refractivity contribution >= 4 is 106 Å². The number of fused-ring (bicyclic) bond motifs is 6. The van der Waals surface area contributed by atoms with E-state index in [0.29, 0.717) is 59.1 Å². The first-order valence-corrected chi connectivity index (χ1v) is 44.8. The molecular weight excluding hydrogens is 1590 g/mol. The molecule has 36 nitrogen and oxygen atoms in total. The summed E-state index contributed by atoms with van der Waals surface area (Å²) in [5.41, 5.74) is 13.5. The minimum absolute atomic E-state index is 0.00815. The fourth-order valence-corrected chi connectivity index (χ4v) is 20.2. The second-order valence-electron chi connectivity index (χ2n) is 35.7. The minimum Gasteiger partial charge on any atom is -0.480 e. The number of primary amides is 2. The number of carbonyl (C=O) groups excluding carboxylic acids is 11. The SMILES string of the molecule is CSCC[C@H](NC(=O)[C@H](CC(C)C)NC(=O)[C@H](Cc1c[nH]cn1)NC(=O)CNC(=O)[C@@H](NC(=O)[C@H](C)NC(=O)[C@H](Cc1c[nH]c2ccccc12)NC(=O)[C@H](CCC(N)=O)NCCC[C@@H](C)[C@H]1CC[C@H]2[C@@H]3CC[C@@H]4C[C@@H](NC(=O)CNC(=O)CN5CCN(CC(=O)O)CCN(CC(=O)O)CCN(CC(=O)O)CC5)CC[C@]4(C)[C@H]3CC[C@]12C)C(C)C)C(N)=O. The Morgan fingerprint density at radius 2 is 1.15 bits per heavy atom. The van der Waals surface area contributed by atoms with Crippen LogP contribution in [0.1, 0.15) is 163 Å². The summed E-state index contributed by atoms with van der Waals surface area (Å²) in [6.45, 7) is 16.5. The van der Waals surface area contributed by atoms with Gasteiger partial charge in [0.15, 0.2) is 0 Å². The predicted octanol–water partition coefficient (Wildman–Crippen LogP) is 1.04. The van der Waals surface area contributed by atoms with Crippen LogP contribution in [0.25, 0.3) is 10.9 Å². The summed E-state index contributed by atoms with van der Waals surface area (Å²) in [6, 6.07) is -0.652. The zero-order valence-electron chi connectivity index (χ0n) is 72.5. The van der Waals surface area contributed by atoms with Gasteiger partial charge in [0.25, 0.3) is 0 Å². The summed E-state index contributed by atoms with van der Waals surface area (Å²) in [7, 11) is 0. The lowest BCUT2D eigenvalue weighted by Crippen LogP contribution is -2.59. The van der Waals surface area contributed by atoms with Gasteiger partial charge in [-0.25, -0.2) is 4.98 Å². The van der Waals surface area contributed by atoms with Crippen molar-refractivity contribution in [3.05, 3.63) is 54.2 Å². The monoisotopic (exact) mass is 1730 g/mol. The van der Waals surface area contributed by atoms with E-state index in [1.165, 1.54) is 31.2 Å². The lowest BCUT2D eigenvalue weighted by molar-refractivity contribution is -0.140. The molecule has 1 saturated heterocycles. The number of aliphatic carboxylic acids is 3. The van der Waals surface area contributed by atoms with E-state index in [0.717, 1.165) is 81.5 Å². The van der Waals surface area contributed by atoms with E-state index in [2.05, 4.69) is 88.9 Å². The Labute approximate surface area is 719 Å². The number of para-hydroxylation sites is 1. The number of carbonyl (C=O) groups is 14. The first-order valence-electron chi connectivity index (χ1n) is 43.5. The minimum atomic E-state index is -1.29. The molecule has 19 N–H and O–H groups in total. The normalized spacial score (nSPS) is 23.8. The molecule has 37 heteroatoms. The van der Waals surface area contributed by atoms with Crippen LogP contribution in [-0.4, -0.2) is 291 Å². The molecule has 1 aliphatic heterocycles. The number of nitrogens with one attached hydrogen (secondary N) is 12. The fourth-order valence-electron chi connectivity index (χ4n) is 19.7. The molecule has 11 amide bonds. The standard InChI is InChI=1S/C85H135N19O17S/c1-50(2)37-66(81(119)97-64(77(87)115)24-36-122-9)98-82(120)68(40-57-42-88-49-93-57)96-71(107)44-92-83(121)76(51(3)4)100-78(116)53(6)94-80(118)67(38-54-41-90-63-15-11-10-14-58(54)63)99-79(117)65(20-21-69(86)105)89-27-12-13-52(5)60-18-19-61-59-17-16-55-39-56(22-25-84(55,7)62(59)23-26-85(60,61)8)95-70(106)43-91-72(108)45-101-28-30-102(46-73(109)110)32-34-104(48-75(113)114)35-33-103(31-29-101)47-74(111)112/h10-11,14-15,41-42,49-53,55-56,59-62,64-68,76,89-90H,12-13,16-40,43-48H2,1-9H3,(H2,86,105)(H2,87,115)(H,88,93)(H,91,108)(H,92,121)(H,94,118)(H,95,106)(H,96,107)(H,97,119)(H,98,120)(H,99,117)(H,100,116)(H,109,110)(H,111,112)(H,113,114)/t52-,53+,55-,56+,59+,60-,61+,62+,64+,65+,66+,67+,68+,76+,84+,85-/m1/s1. The molecule has 3 heterocycles. The third-order valence-electron chi connectivity index (χ3n) is 26.2. The molecule has 8 rings (SSSR count). The van der Waals surface area contributed by atoms with Crippen LogP contribution in [0.2, 0.25) is 0 Å². The molecule has 0 bridgehead atoms. The third-order valence-corrected chi connectivity index (χ3v) is 26.9. The van der Waals surface area contributed by atoms with E-state index >= 15 is 0 Å². The largest absolute Gasteiger partial charge is 0.480 e. The van der Waals surface area contributed by atoms with Gasteiger partial charge in [-0.2, -0.15) is 11.8 Å². The average Bonchev–Trinajstić information content (AvgIpc) is 1.43. The number of aromatic nitrogens is 3. The molecule has 4 aliphatic carbocycles. The van der Waals surface area contributed by atoms with E-state index in [1.807, 2.05) is 49.3 Å². The first kappa shape index (κ1) is 98.1. The number of rotatable bonds is 45. The summed E-state index contributed by atoms with van der Waals surface area (Å²) in [6.07, 6.45) is 17.8. The number of imidazole rings is 1. The van der Waals surface area contributed by atoms with Crippen molar-refractivity contribution in [1.82, 2.24) is 87.7 Å². The highest BCUT2D eigenvalue weighted by molar-refractivity contribution is 7.98. The lowest BCUT2D eigenvalue weighted by atomic mass is 9.44. The number of nitrogens with zero attached hydrogens (tertiary/aromatic N) is 5. The van der Waals surface area contributed by atoms with E-state index in [4.69, 9.17) is 11.5 Å². The van der Waals surface area contributed by atoms with Gasteiger partial charge in [-0.1, -0.05) is 66.7 Å². The molecule has 122 heavy (non-hydrogen) atoms. The number of carboxylic acid groups (broad SMARTS) is 3. The number of benzene rings is 1. The average molecular weight is 1730 g/mol. The van der Waals surface area contributed by atoms with Gasteiger partial charge in [0.05, 0.1) is 57.3 Å². The molecule has 4 saturated carbocycles. The molecule has 0 unspecified atom stereocenters. The van der Waals surface area contributed by atoms with Gasteiger partial charge in [-0.15, -0.1) is 0 Å². The van der Waals surface area contributed by atoms with Crippen LogP contribution in [0.15, 0.2) is 43.0 Å². The Bertz CT molecular complexity index is 4030. The van der Waals surface area contributed by atoms with Crippen LogP contribution >= 0.6 is 11.8 Å². The molecule has 0 radical (unpaired) electrons. The van der Waals surface area contributed by atoms with E-state index in [-0.39, 0.29) is 152 Å². The summed E-state index contributed by atoms with van der Waals surface area (Å²) in [5.74, 6) is -7.18. The van der Waals surface area contributed by atoms with Gasteiger partial charge in [-0.05, 0) is 185 Å². The van der Waals surface area contributed by atoms with Crippen LogP contribution in [0.3, 0.4) is 0 Å². The molecular formula is C85H135N19O17S. The van der Waals surface area contributed by atoms with Crippen molar-refractivity contribution in [2.24, 2.45) is 69.6 Å². The Kier molecular flexibility index (Phi) is 37.8. The van der Waals surface area contributed by atoms with E-state index in [9.17, 15) is 82.4 Å². The van der Waals surface area contributed by atoms with Crippen LogP contribution in [0, 0.1) is 58.2 Å². The Balaban J connectivity index is 0.817. The quantitative estimate of drug-likeness (QED) is 0.0351. The van der Waals surface area contributed by atoms with E-state index < -0.39 is 132 Å². The molecule has 2 aromatic heterocycles. The number of amides is 11. The Morgan fingerprint density at radius 1 is 0.574 bits per heavy atom. The number of hydrogen-bond acceptors (Lipinski definition) is 21. The molecule has 16 atom stereocenters. The van der Waals surface area contributed by atoms with Crippen LogP contribution in [-0.2, 0) is 80.0 Å². The molecule has 3 aromatic rings. The van der Waals surface area contributed by atoms with Crippen molar-refractivity contribution < 1.29 is 82.4 Å².